The fraction of sp³-hybridized carbons (Fsp3) is 0.367. The molecule has 2 unspecified atom stereocenters. The lowest BCUT2D eigenvalue weighted by atomic mass is 9.74. The molecule has 1 aliphatic rings. The SMILES string of the molecule is CC1=Nc2ccnc(OC(C)C)c2C(c2ccccc2C(F)(F)F)C1C(=O)OCCN(C)Cc1ccccc1. The number of esters is 1. The van der Waals surface area contributed by atoms with Crippen LogP contribution in [0.15, 0.2) is 71.9 Å². The summed E-state index contributed by atoms with van der Waals surface area (Å²) >= 11 is 0. The van der Waals surface area contributed by atoms with E-state index < -0.39 is 29.5 Å². The molecule has 1 aliphatic heterocycles. The van der Waals surface area contributed by atoms with Crippen molar-refractivity contribution in [2.24, 2.45) is 10.9 Å². The van der Waals surface area contributed by atoms with Crippen molar-refractivity contribution < 1.29 is 27.4 Å². The lowest BCUT2D eigenvalue weighted by Gasteiger charge is -2.33. The van der Waals surface area contributed by atoms with Gasteiger partial charge in [0.15, 0.2) is 0 Å². The predicted octanol–water partition coefficient (Wildman–Crippen LogP) is 6.42. The van der Waals surface area contributed by atoms with Crippen LogP contribution in [0.5, 0.6) is 5.88 Å². The van der Waals surface area contributed by atoms with Gasteiger partial charge in [0, 0.05) is 36.5 Å². The third-order valence-corrected chi connectivity index (χ3v) is 6.54. The highest BCUT2D eigenvalue weighted by molar-refractivity contribution is 6.05. The summed E-state index contributed by atoms with van der Waals surface area (Å²) in [6, 6.07) is 16.8. The second-order valence-corrected chi connectivity index (χ2v) is 9.90. The predicted molar refractivity (Wildman–Crippen MR) is 143 cm³/mol. The van der Waals surface area contributed by atoms with Crippen molar-refractivity contribution >= 4 is 17.4 Å². The molecule has 9 heteroatoms. The van der Waals surface area contributed by atoms with Crippen molar-refractivity contribution in [1.29, 1.82) is 0 Å². The molecule has 0 fully saturated rings. The zero-order valence-electron chi connectivity index (χ0n) is 22.4. The number of likely N-dealkylation sites (N-methyl/N-ethyl adjacent to an activating group) is 1. The van der Waals surface area contributed by atoms with Crippen LogP contribution in [0.4, 0.5) is 18.9 Å². The van der Waals surface area contributed by atoms with Crippen LogP contribution in [-0.4, -0.2) is 47.9 Å². The van der Waals surface area contributed by atoms with E-state index in [9.17, 15) is 18.0 Å². The molecule has 6 nitrogen and oxygen atoms in total. The van der Waals surface area contributed by atoms with E-state index in [-0.39, 0.29) is 24.2 Å². The first-order valence-electron chi connectivity index (χ1n) is 12.8. The average Bonchev–Trinajstić information content (AvgIpc) is 2.87. The number of benzene rings is 2. The normalized spacial score (nSPS) is 17.1. The number of carbonyl (C=O) groups is 1. The number of ether oxygens (including phenoxy) is 2. The Morgan fingerprint density at radius 1 is 1.05 bits per heavy atom. The van der Waals surface area contributed by atoms with Crippen LogP contribution in [0.25, 0.3) is 0 Å². The summed E-state index contributed by atoms with van der Waals surface area (Å²) in [6.07, 6.45) is -3.42. The zero-order valence-corrected chi connectivity index (χ0v) is 22.4. The van der Waals surface area contributed by atoms with Crippen LogP contribution in [0.3, 0.4) is 0 Å². The van der Waals surface area contributed by atoms with Crippen LogP contribution in [0, 0.1) is 5.92 Å². The molecular formula is C30H32F3N3O3. The number of rotatable bonds is 9. The Kier molecular flexibility index (Phi) is 8.70. The Labute approximate surface area is 226 Å². The molecular weight excluding hydrogens is 507 g/mol. The Morgan fingerprint density at radius 2 is 1.74 bits per heavy atom. The maximum Gasteiger partial charge on any atom is 0.416 e. The lowest BCUT2D eigenvalue weighted by molar-refractivity contribution is -0.147. The van der Waals surface area contributed by atoms with Gasteiger partial charge in [-0.2, -0.15) is 13.2 Å². The molecule has 1 aromatic heterocycles. The number of alkyl halides is 3. The Morgan fingerprint density at radius 3 is 2.44 bits per heavy atom. The van der Waals surface area contributed by atoms with Crippen molar-refractivity contribution in [1.82, 2.24) is 9.88 Å². The highest BCUT2D eigenvalue weighted by Crippen LogP contribution is 2.49. The molecule has 206 valence electrons. The van der Waals surface area contributed by atoms with Gasteiger partial charge in [-0.3, -0.25) is 14.7 Å². The largest absolute Gasteiger partial charge is 0.475 e. The zero-order chi connectivity index (χ0) is 28.2. The molecule has 0 N–H and O–H groups in total. The first kappa shape index (κ1) is 28.3. The fourth-order valence-electron chi connectivity index (χ4n) is 4.85. The number of hydrogen-bond donors (Lipinski definition) is 0. The number of aromatic nitrogens is 1. The van der Waals surface area contributed by atoms with Gasteiger partial charge >= 0.3 is 12.1 Å². The Bertz CT molecular complexity index is 1330. The minimum Gasteiger partial charge on any atom is -0.475 e. The molecule has 4 rings (SSSR count). The minimum atomic E-state index is -4.63. The Balaban J connectivity index is 1.67. The summed E-state index contributed by atoms with van der Waals surface area (Å²) in [5, 5.41) is 0. The average molecular weight is 540 g/mol. The van der Waals surface area contributed by atoms with Crippen molar-refractivity contribution in [2.45, 2.75) is 45.5 Å². The number of fused-ring (bicyclic) bond motifs is 1. The molecule has 0 saturated heterocycles. The molecule has 0 amide bonds. The quantitative estimate of drug-likeness (QED) is 0.294. The van der Waals surface area contributed by atoms with E-state index in [0.717, 1.165) is 11.6 Å². The summed E-state index contributed by atoms with van der Waals surface area (Å²) in [6.45, 7) is 6.44. The van der Waals surface area contributed by atoms with Crippen molar-refractivity contribution in [3.8, 4) is 5.88 Å². The monoisotopic (exact) mass is 539 g/mol. The van der Waals surface area contributed by atoms with E-state index in [0.29, 0.717) is 30.1 Å². The molecule has 39 heavy (non-hydrogen) atoms. The van der Waals surface area contributed by atoms with Crippen LogP contribution in [0.2, 0.25) is 0 Å². The van der Waals surface area contributed by atoms with Gasteiger partial charge in [-0.1, -0.05) is 48.5 Å². The Hall–Kier alpha value is -3.72. The molecule has 0 radical (unpaired) electrons. The van der Waals surface area contributed by atoms with Gasteiger partial charge < -0.3 is 9.47 Å². The molecule has 2 atom stereocenters. The van der Waals surface area contributed by atoms with Crippen LogP contribution >= 0.6 is 0 Å². The van der Waals surface area contributed by atoms with E-state index >= 15 is 0 Å². The molecule has 2 heterocycles. The summed E-state index contributed by atoms with van der Waals surface area (Å²) in [4.78, 5) is 24.5. The van der Waals surface area contributed by atoms with Crippen molar-refractivity contribution in [3.05, 3.63) is 89.1 Å². The highest BCUT2D eigenvalue weighted by Gasteiger charge is 2.45. The van der Waals surface area contributed by atoms with Gasteiger partial charge in [0.1, 0.15) is 12.5 Å². The number of aliphatic imine (C=N–C) groups is 1. The van der Waals surface area contributed by atoms with Crippen molar-refractivity contribution in [3.63, 3.8) is 0 Å². The standard InChI is InChI=1S/C30H32F3N3O3/c1-19(2)39-28-27-24(14-15-34-28)35-20(3)25(26(27)22-12-8-9-13-23(22)30(31,32)33)29(37)38-17-16-36(4)18-21-10-6-5-7-11-21/h5-15,19,25-26H,16-18H2,1-4H3. The smallest absolute Gasteiger partial charge is 0.416 e. The summed E-state index contributed by atoms with van der Waals surface area (Å²) < 4.78 is 54.1. The molecule has 0 aliphatic carbocycles. The first-order valence-corrected chi connectivity index (χ1v) is 12.8. The van der Waals surface area contributed by atoms with Gasteiger partial charge in [-0.05, 0) is 51.1 Å². The molecule has 3 aromatic rings. The number of halogens is 3. The van der Waals surface area contributed by atoms with E-state index in [1.54, 1.807) is 26.8 Å². The number of hydrogen-bond acceptors (Lipinski definition) is 6. The van der Waals surface area contributed by atoms with Gasteiger partial charge in [0.25, 0.3) is 0 Å². The minimum absolute atomic E-state index is 0.0507. The van der Waals surface area contributed by atoms with E-state index in [1.165, 1.54) is 24.4 Å². The topological polar surface area (TPSA) is 64.0 Å². The maximum atomic E-state index is 14.2. The summed E-state index contributed by atoms with van der Waals surface area (Å²) in [7, 11) is 1.91. The van der Waals surface area contributed by atoms with E-state index in [1.807, 2.05) is 42.3 Å². The molecule has 2 aromatic carbocycles. The maximum absolute atomic E-state index is 14.2. The number of pyridine rings is 1. The van der Waals surface area contributed by atoms with Crippen LogP contribution < -0.4 is 4.74 Å². The number of nitrogens with zero attached hydrogens (tertiary/aromatic N) is 3. The van der Waals surface area contributed by atoms with Gasteiger partial charge in [0.2, 0.25) is 5.88 Å². The van der Waals surface area contributed by atoms with Crippen LogP contribution in [-0.2, 0) is 22.3 Å². The lowest BCUT2D eigenvalue weighted by Crippen LogP contribution is -2.36. The van der Waals surface area contributed by atoms with E-state index in [4.69, 9.17) is 9.47 Å². The third-order valence-electron chi connectivity index (χ3n) is 6.54. The first-order chi connectivity index (χ1) is 18.6. The van der Waals surface area contributed by atoms with Crippen LogP contribution in [0.1, 0.15) is 48.9 Å². The second-order valence-electron chi connectivity index (χ2n) is 9.90. The molecule has 0 bridgehead atoms. The summed E-state index contributed by atoms with van der Waals surface area (Å²) in [5.41, 5.74) is 1.38. The van der Waals surface area contributed by atoms with Crippen molar-refractivity contribution in [2.75, 3.05) is 20.2 Å². The fourth-order valence-corrected chi connectivity index (χ4v) is 4.85. The highest BCUT2D eigenvalue weighted by atomic mass is 19.4. The summed E-state index contributed by atoms with van der Waals surface area (Å²) in [5.74, 6) is -2.62. The van der Waals surface area contributed by atoms with Gasteiger partial charge in [-0.25, -0.2) is 4.98 Å². The molecule has 0 spiro atoms. The van der Waals surface area contributed by atoms with Gasteiger partial charge in [-0.15, -0.1) is 0 Å². The third kappa shape index (κ3) is 6.65. The van der Waals surface area contributed by atoms with Gasteiger partial charge in [0.05, 0.1) is 17.4 Å². The number of carbonyl (C=O) groups excluding carboxylic acids is 1. The van der Waals surface area contributed by atoms with E-state index in [2.05, 4.69) is 9.98 Å². The molecule has 0 saturated carbocycles. The second kappa shape index (κ2) is 12.0.